The number of aryl methyl sites for hydroxylation is 1. The van der Waals surface area contributed by atoms with Gasteiger partial charge >= 0.3 is 0 Å². The van der Waals surface area contributed by atoms with Gasteiger partial charge in [-0.05, 0) is 43.1 Å². The first-order valence-electron chi connectivity index (χ1n) is 7.26. The fourth-order valence-corrected chi connectivity index (χ4v) is 2.85. The van der Waals surface area contributed by atoms with E-state index in [4.69, 9.17) is 5.73 Å². The van der Waals surface area contributed by atoms with Gasteiger partial charge in [-0.3, -0.25) is 9.78 Å². The second-order valence-corrected chi connectivity index (χ2v) is 7.42. The Balaban J connectivity index is 0.00000264. The number of pyridine rings is 1. The summed E-state index contributed by atoms with van der Waals surface area (Å²) in [5, 5.41) is 0.863. The lowest BCUT2D eigenvalue weighted by Crippen LogP contribution is -2.39. The molecule has 7 heteroatoms. The Bertz CT molecular complexity index is 722. The average Bonchev–Trinajstić information content (AvgIpc) is 2.45. The maximum Gasteiger partial charge on any atom is 0.254 e. The third-order valence-corrected chi connectivity index (χ3v) is 4.19. The molecule has 0 saturated heterocycles. The van der Waals surface area contributed by atoms with Crippen LogP contribution in [0.4, 0.5) is 0 Å². The molecule has 0 atom stereocenters. The van der Waals surface area contributed by atoms with Gasteiger partial charge in [0.25, 0.3) is 5.91 Å². The Morgan fingerprint density at radius 3 is 2.50 bits per heavy atom. The molecule has 0 aliphatic heterocycles. The zero-order chi connectivity index (χ0) is 16.5. The number of halogens is 3. The maximum absolute atomic E-state index is 12.9. The van der Waals surface area contributed by atoms with Gasteiger partial charge in [0, 0.05) is 29.1 Å². The van der Waals surface area contributed by atoms with E-state index in [-0.39, 0.29) is 36.1 Å². The molecule has 0 radical (unpaired) electrons. The minimum Gasteiger partial charge on any atom is -0.341 e. The highest BCUT2D eigenvalue weighted by Crippen LogP contribution is 2.24. The van der Waals surface area contributed by atoms with Crippen LogP contribution in [-0.4, -0.2) is 35.9 Å². The van der Waals surface area contributed by atoms with E-state index in [1.54, 1.807) is 4.90 Å². The van der Waals surface area contributed by atoms with Crippen molar-refractivity contribution >= 4 is 57.6 Å². The number of nitrogens with zero attached hydrogens (tertiary/aromatic N) is 2. The minimum absolute atomic E-state index is 0. The molecule has 4 nitrogen and oxygen atoms in total. The first-order valence-corrected chi connectivity index (χ1v) is 8.05. The Labute approximate surface area is 164 Å². The number of hydrogen-bond acceptors (Lipinski definition) is 3. The second kappa shape index (κ2) is 8.99. The van der Waals surface area contributed by atoms with Crippen LogP contribution in [0.1, 0.15) is 29.9 Å². The SMILES string of the molecule is Cc1cc(C(=O)N(C)CC(C)(C)CN)c2cc(Br)ccc2n1.Cl.Cl. The van der Waals surface area contributed by atoms with E-state index in [1.165, 1.54) is 0 Å². The Kier molecular flexibility index (Phi) is 8.67. The Hall–Kier alpha value is -0.880. The molecule has 0 unspecified atom stereocenters. The summed E-state index contributed by atoms with van der Waals surface area (Å²) in [4.78, 5) is 19.1. The lowest BCUT2D eigenvalue weighted by Gasteiger charge is -2.29. The van der Waals surface area contributed by atoms with Crippen molar-refractivity contribution in [2.45, 2.75) is 20.8 Å². The Morgan fingerprint density at radius 1 is 1.29 bits per heavy atom. The lowest BCUT2D eigenvalue weighted by atomic mass is 9.93. The number of amides is 1. The molecule has 1 heterocycles. The summed E-state index contributed by atoms with van der Waals surface area (Å²) in [5.74, 6) is -0.00451. The monoisotopic (exact) mass is 435 g/mol. The van der Waals surface area contributed by atoms with E-state index in [9.17, 15) is 4.79 Å². The fourth-order valence-electron chi connectivity index (χ4n) is 2.49. The molecule has 2 N–H and O–H groups in total. The number of rotatable bonds is 4. The van der Waals surface area contributed by atoms with E-state index < -0.39 is 0 Å². The van der Waals surface area contributed by atoms with Crippen LogP contribution in [0.25, 0.3) is 10.9 Å². The van der Waals surface area contributed by atoms with Crippen molar-refractivity contribution in [2.75, 3.05) is 20.1 Å². The molecule has 2 rings (SSSR count). The largest absolute Gasteiger partial charge is 0.341 e. The van der Waals surface area contributed by atoms with Gasteiger partial charge < -0.3 is 10.6 Å². The molecule has 0 spiro atoms. The number of fused-ring (bicyclic) bond motifs is 1. The van der Waals surface area contributed by atoms with E-state index in [0.717, 1.165) is 21.1 Å². The highest BCUT2D eigenvalue weighted by atomic mass is 79.9. The quantitative estimate of drug-likeness (QED) is 0.780. The average molecular weight is 437 g/mol. The number of carbonyl (C=O) groups excluding carboxylic acids is 1. The van der Waals surface area contributed by atoms with Gasteiger partial charge in [0.2, 0.25) is 0 Å². The molecule has 0 aliphatic rings. The summed E-state index contributed by atoms with van der Waals surface area (Å²) in [6, 6.07) is 7.65. The standard InChI is InChI=1S/C17H22BrN3O.2ClH/c1-11-7-14(13-8-12(18)5-6-15(13)20-11)16(22)21(4)10-17(2,3)9-19;;/h5-8H,9-10,19H2,1-4H3;2*1H. The summed E-state index contributed by atoms with van der Waals surface area (Å²) >= 11 is 3.46. The topological polar surface area (TPSA) is 59.2 Å². The van der Waals surface area contributed by atoms with Crippen LogP contribution < -0.4 is 5.73 Å². The van der Waals surface area contributed by atoms with Crippen LogP contribution in [0.3, 0.4) is 0 Å². The molecular weight excluding hydrogens is 413 g/mol. The Morgan fingerprint density at radius 2 is 1.92 bits per heavy atom. The van der Waals surface area contributed by atoms with Gasteiger partial charge in [0.05, 0.1) is 11.1 Å². The first-order chi connectivity index (χ1) is 10.2. The van der Waals surface area contributed by atoms with Gasteiger partial charge in [0.15, 0.2) is 0 Å². The highest BCUT2D eigenvalue weighted by Gasteiger charge is 2.23. The van der Waals surface area contributed by atoms with Crippen LogP contribution in [0, 0.1) is 12.3 Å². The van der Waals surface area contributed by atoms with Gasteiger partial charge in [0.1, 0.15) is 0 Å². The maximum atomic E-state index is 12.9. The van der Waals surface area contributed by atoms with E-state index in [0.29, 0.717) is 18.7 Å². The second-order valence-electron chi connectivity index (χ2n) is 6.50. The number of hydrogen-bond donors (Lipinski definition) is 1. The van der Waals surface area contributed by atoms with Crippen molar-refractivity contribution in [2.24, 2.45) is 11.1 Å². The summed E-state index contributed by atoms with van der Waals surface area (Å²) < 4.78 is 0.935. The predicted molar refractivity (Wildman–Crippen MR) is 108 cm³/mol. The zero-order valence-electron chi connectivity index (χ0n) is 14.3. The molecule has 0 aliphatic carbocycles. The van der Waals surface area contributed by atoms with Crippen LogP contribution in [0.5, 0.6) is 0 Å². The molecule has 134 valence electrons. The molecule has 0 saturated carbocycles. The van der Waals surface area contributed by atoms with Crippen molar-refractivity contribution in [3.05, 3.63) is 40.0 Å². The van der Waals surface area contributed by atoms with Gasteiger partial charge in [-0.25, -0.2) is 0 Å². The van der Waals surface area contributed by atoms with Crippen LogP contribution in [-0.2, 0) is 0 Å². The van der Waals surface area contributed by atoms with Gasteiger partial charge in [-0.2, -0.15) is 0 Å². The molecule has 1 amide bonds. The van der Waals surface area contributed by atoms with Gasteiger partial charge in [-0.1, -0.05) is 29.8 Å². The normalized spacial score (nSPS) is 10.8. The van der Waals surface area contributed by atoms with E-state index in [2.05, 4.69) is 34.8 Å². The van der Waals surface area contributed by atoms with Crippen molar-refractivity contribution < 1.29 is 4.79 Å². The number of benzene rings is 1. The molecular formula is C17H24BrCl2N3O. The summed E-state index contributed by atoms with van der Waals surface area (Å²) in [7, 11) is 1.82. The molecule has 24 heavy (non-hydrogen) atoms. The molecule has 0 bridgehead atoms. The van der Waals surface area contributed by atoms with Crippen molar-refractivity contribution in [3.8, 4) is 0 Å². The summed E-state index contributed by atoms with van der Waals surface area (Å²) in [6.07, 6.45) is 0. The molecule has 1 aromatic heterocycles. The number of carbonyl (C=O) groups is 1. The number of aromatic nitrogens is 1. The minimum atomic E-state index is -0.108. The van der Waals surface area contributed by atoms with Crippen LogP contribution in [0.2, 0.25) is 0 Å². The van der Waals surface area contributed by atoms with Crippen molar-refractivity contribution in [1.29, 1.82) is 0 Å². The fraction of sp³-hybridized carbons (Fsp3) is 0.412. The smallest absolute Gasteiger partial charge is 0.254 e. The lowest BCUT2D eigenvalue weighted by molar-refractivity contribution is 0.0742. The van der Waals surface area contributed by atoms with E-state index in [1.807, 2.05) is 38.2 Å². The van der Waals surface area contributed by atoms with E-state index >= 15 is 0 Å². The number of nitrogens with two attached hydrogens (primary N) is 1. The van der Waals surface area contributed by atoms with Crippen LogP contribution in [0.15, 0.2) is 28.7 Å². The first kappa shape index (κ1) is 23.1. The van der Waals surface area contributed by atoms with Gasteiger partial charge in [-0.15, -0.1) is 24.8 Å². The molecule has 0 fully saturated rings. The predicted octanol–water partition coefficient (Wildman–Crippen LogP) is 4.21. The molecule has 2 aromatic rings. The van der Waals surface area contributed by atoms with Crippen molar-refractivity contribution in [3.63, 3.8) is 0 Å². The highest BCUT2D eigenvalue weighted by molar-refractivity contribution is 9.10. The third kappa shape index (κ3) is 5.31. The third-order valence-electron chi connectivity index (χ3n) is 3.69. The summed E-state index contributed by atoms with van der Waals surface area (Å²) in [5.41, 5.74) is 8.01. The zero-order valence-corrected chi connectivity index (χ0v) is 17.5. The van der Waals surface area contributed by atoms with Crippen molar-refractivity contribution in [1.82, 2.24) is 9.88 Å². The summed E-state index contributed by atoms with van der Waals surface area (Å²) in [6.45, 7) is 7.17. The van der Waals surface area contributed by atoms with Crippen LogP contribution >= 0.6 is 40.7 Å². The molecule has 1 aromatic carbocycles.